The molecule has 1 atom stereocenters. The summed E-state index contributed by atoms with van der Waals surface area (Å²) in [4.78, 5) is 38.2. The van der Waals surface area contributed by atoms with E-state index in [0.29, 0.717) is 19.3 Å². The summed E-state index contributed by atoms with van der Waals surface area (Å²) in [6.07, 6.45) is 72.4. The van der Waals surface area contributed by atoms with Crippen molar-refractivity contribution in [1.82, 2.24) is 0 Å². The van der Waals surface area contributed by atoms with Crippen LogP contribution < -0.4 is 0 Å². The summed E-state index contributed by atoms with van der Waals surface area (Å²) in [6, 6.07) is 0. The Labute approximate surface area is 450 Å². The van der Waals surface area contributed by atoms with Gasteiger partial charge in [-0.25, -0.2) is 0 Å². The van der Waals surface area contributed by atoms with Crippen molar-refractivity contribution in [3.05, 3.63) is 12.2 Å². The Morgan fingerprint density at radius 2 is 0.458 bits per heavy atom. The van der Waals surface area contributed by atoms with Crippen LogP contribution in [0.4, 0.5) is 0 Å². The molecule has 0 heterocycles. The number of hydrogen-bond acceptors (Lipinski definition) is 6. The average molecular weight is 1020 g/mol. The van der Waals surface area contributed by atoms with Crippen LogP contribution in [-0.2, 0) is 28.6 Å². The van der Waals surface area contributed by atoms with Crippen LogP contribution in [0.15, 0.2) is 12.2 Å². The van der Waals surface area contributed by atoms with E-state index >= 15 is 0 Å². The topological polar surface area (TPSA) is 78.9 Å². The maximum Gasteiger partial charge on any atom is 0.306 e. The fourth-order valence-corrected chi connectivity index (χ4v) is 10.1. The lowest BCUT2D eigenvalue weighted by Gasteiger charge is -2.18. The quantitative estimate of drug-likeness (QED) is 0.0261. The van der Waals surface area contributed by atoms with Crippen molar-refractivity contribution in [2.45, 2.75) is 380 Å². The van der Waals surface area contributed by atoms with Gasteiger partial charge in [0.15, 0.2) is 6.10 Å². The Balaban J connectivity index is 4.07. The molecule has 6 nitrogen and oxygen atoms in total. The van der Waals surface area contributed by atoms with Gasteiger partial charge < -0.3 is 14.2 Å². The van der Waals surface area contributed by atoms with Crippen LogP contribution in [-0.4, -0.2) is 37.2 Å². The summed E-state index contributed by atoms with van der Waals surface area (Å²) in [5.74, 6) is -0.836. The molecule has 0 aromatic heterocycles. The first-order valence-electron chi connectivity index (χ1n) is 32.7. The van der Waals surface area contributed by atoms with E-state index in [4.69, 9.17) is 14.2 Å². The maximum absolute atomic E-state index is 12.9. The molecule has 0 N–H and O–H groups in total. The van der Waals surface area contributed by atoms with Crippen molar-refractivity contribution in [2.75, 3.05) is 13.2 Å². The maximum atomic E-state index is 12.9. The number of esters is 3. The highest BCUT2D eigenvalue weighted by atomic mass is 16.6. The molecule has 1 unspecified atom stereocenters. The lowest BCUT2D eigenvalue weighted by molar-refractivity contribution is -0.167. The zero-order chi connectivity index (χ0) is 52.2. The summed E-state index contributed by atoms with van der Waals surface area (Å²) >= 11 is 0. The SMILES string of the molecule is CCCCCCCCCC/C=C\CCCCCCCCCCCCCCCCCCCC(=O)OCC(COC(=O)CCCCCCCCCCCC)OC(=O)CCCCCCCCCCCCCCCCC. The van der Waals surface area contributed by atoms with Crippen molar-refractivity contribution < 1.29 is 28.6 Å². The van der Waals surface area contributed by atoms with E-state index in [9.17, 15) is 14.4 Å². The van der Waals surface area contributed by atoms with Gasteiger partial charge in [0.25, 0.3) is 0 Å². The fraction of sp³-hybridized carbons (Fsp3) is 0.924. The predicted molar refractivity (Wildman–Crippen MR) is 312 cm³/mol. The summed E-state index contributed by atoms with van der Waals surface area (Å²) in [5.41, 5.74) is 0. The molecule has 0 saturated heterocycles. The summed E-state index contributed by atoms with van der Waals surface area (Å²) < 4.78 is 16.9. The molecule has 0 aromatic rings. The van der Waals surface area contributed by atoms with Crippen LogP contribution in [0.2, 0.25) is 0 Å². The van der Waals surface area contributed by atoms with Crippen molar-refractivity contribution in [3.63, 3.8) is 0 Å². The Morgan fingerprint density at radius 1 is 0.264 bits per heavy atom. The van der Waals surface area contributed by atoms with E-state index in [1.807, 2.05) is 0 Å². The van der Waals surface area contributed by atoms with E-state index < -0.39 is 6.10 Å². The summed E-state index contributed by atoms with van der Waals surface area (Å²) in [5, 5.41) is 0. The van der Waals surface area contributed by atoms with Crippen LogP contribution in [0.5, 0.6) is 0 Å². The molecule has 0 bridgehead atoms. The van der Waals surface area contributed by atoms with Gasteiger partial charge in [-0.1, -0.05) is 322 Å². The average Bonchev–Trinajstić information content (AvgIpc) is 3.38. The number of carbonyl (C=O) groups excluding carboxylic acids is 3. The number of ether oxygens (including phenoxy) is 3. The van der Waals surface area contributed by atoms with Gasteiger partial charge in [-0.2, -0.15) is 0 Å². The van der Waals surface area contributed by atoms with Crippen molar-refractivity contribution in [3.8, 4) is 0 Å². The largest absolute Gasteiger partial charge is 0.462 e. The monoisotopic (exact) mass is 1010 g/mol. The number of carbonyl (C=O) groups is 3. The van der Waals surface area contributed by atoms with E-state index in [2.05, 4.69) is 32.9 Å². The van der Waals surface area contributed by atoms with Crippen molar-refractivity contribution in [1.29, 1.82) is 0 Å². The van der Waals surface area contributed by atoms with Gasteiger partial charge in [0.05, 0.1) is 0 Å². The number of rotatable bonds is 61. The van der Waals surface area contributed by atoms with Crippen LogP contribution >= 0.6 is 0 Å². The molecule has 0 aliphatic heterocycles. The predicted octanol–water partition coefficient (Wildman–Crippen LogP) is 22.1. The normalized spacial score (nSPS) is 12.0. The standard InChI is InChI=1S/C66H126O6/c1-4-7-10-13-16-19-22-24-26-27-28-29-30-31-32-33-34-35-36-37-38-39-41-42-44-47-50-53-56-59-65(68)71-62-63(61-70-64(67)58-55-52-49-46-21-18-15-12-9-6-3)72-66(69)60-57-54-51-48-45-43-40-25-23-20-17-14-11-8-5-2/h27-28,63H,4-26,29-62H2,1-3H3/b28-27-. The minimum atomic E-state index is -0.763. The van der Waals surface area contributed by atoms with Gasteiger partial charge in [0.1, 0.15) is 13.2 Å². The molecular weight excluding hydrogens is 889 g/mol. The molecule has 0 saturated carbocycles. The molecule has 0 rings (SSSR count). The third kappa shape index (κ3) is 59.0. The second kappa shape index (κ2) is 61.7. The van der Waals surface area contributed by atoms with Gasteiger partial charge in [0, 0.05) is 19.3 Å². The van der Waals surface area contributed by atoms with E-state index in [0.717, 1.165) is 57.8 Å². The zero-order valence-electron chi connectivity index (χ0n) is 49.0. The highest BCUT2D eigenvalue weighted by Crippen LogP contribution is 2.18. The minimum Gasteiger partial charge on any atom is -0.462 e. The van der Waals surface area contributed by atoms with Crippen molar-refractivity contribution in [2.24, 2.45) is 0 Å². The van der Waals surface area contributed by atoms with E-state index in [1.54, 1.807) is 0 Å². The Hall–Kier alpha value is -1.85. The molecular formula is C66H126O6. The zero-order valence-corrected chi connectivity index (χ0v) is 49.0. The number of allylic oxidation sites excluding steroid dienone is 2. The number of unbranched alkanes of at least 4 members (excludes halogenated alkanes) is 48. The molecule has 72 heavy (non-hydrogen) atoms. The first-order valence-corrected chi connectivity index (χ1v) is 32.7. The molecule has 0 spiro atoms. The Bertz CT molecular complexity index is 1120. The lowest BCUT2D eigenvalue weighted by atomic mass is 10.0. The third-order valence-electron chi connectivity index (χ3n) is 15.0. The highest BCUT2D eigenvalue weighted by molar-refractivity contribution is 5.71. The molecule has 0 aliphatic rings. The first-order chi connectivity index (χ1) is 35.5. The van der Waals surface area contributed by atoms with Crippen LogP contribution in [0, 0.1) is 0 Å². The molecule has 0 aromatic carbocycles. The molecule has 426 valence electrons. The Morgan fingerprint density at radius 3 is 0.694 bits per heavy atom. The molecule has 6 heteroatoms. The second-order valence-corrected chi connectivity index (χ2v) is 22.4. The van der Waals surface area contributed by atoms with Gasteiger partial charge in [-0.15, -0.1) is 0 Å². The molecule has 0 aliphatic carbocycles. The van der Waals surface area contributed by atoms with Gasteiger partial charge in [-0.3, -0.25) is 14.4 Å². The minimum absolute atomic E-state index is 0.0628. The van der Waals surface area contributed by atoms with Crippen LogP contribution in [0.25, 0.3) is 0 Å². The third-order valence-corrected chi connectivity index (χ3v) is 15.0. The van der Waals surface area contributed by atoms with Gasteiger partial charge >= 0.3 is 17.9 Å². The number of hydrogen-bond donors (Lipinski definition) is 0. The lowest BCUT2D eigenvalue weighted by Crippen LogP contribution is -2.30. The summed E-state index contributed by atoms with van der Waals surface area (Å²) in [6.45, 7) is 6.70. The first kappa shape index (κ1) is 70.1. The van der Waals surface area contributed by atoms with E-state index in [-0.39, 0.29) is 31.1 Å². The van der Waals surface area contributed by atoms with Crippen LogP contribution in [0.3, 0.4) is 0 Å². The fourth-order valence-electron chi connectivity index (χ4n) is 10.1. The molecule has 0 radical (unpaired) electrons. The second-order valence-electron chi connectivity index (χ2n) is 22.4. The molecule has 0 fully saturated rings. The van der Waals surface area contributed by atoms with Gasteiger partial charge in [-0.05, 0) is 44.9 Å². The highest BCUT2D eigenvalue weighted by Gasteiger charge is 2.19. The Kier molecular flexibility index (Phi) is 60.1. The van der Waals surface area contributed by atoms with Gasteiger partial charge in [0.2, 0.25) is 0 Å². The molecule has 0 amide bonds. The van der Waals surface area contributed by atoms with E-state index in [1.165, 1.54) is 276 Å². The smallest absolute Gasteiger partial charge is 0.306 e. The summed E-state index contributed by atoms with van der Waals surface area (Å²) in [7, 11) is 0. The van der Waals surface area contributed by atoms with Crippen molar-refractivity contribution >= 4 is 17.9 Å². The van der Waals surface area contributed by atoms with Crippen LogP contribution in [0.1, 0.15) is 374 Å².